The molecular formula is C17H14N4O3. The Morgan fingerprint density at radius 3 is 2.50 bits per heavy atom. The van der Waals surface area contributed by atoms with E-state index in [2.05, 4.69) is 15.4 Å². The Hall–Kier alpha value is -3.48. The number of amides is 1. The molecule has 3 aromatic rings. The molecular weight excluding hydrogens is 308 g/mol. The van der Waals surface area contributed by atoms with Gasteiger partial charge in [-0.3, -0.25) is 14.5 Å². The van der Waals surface area contributed by atoms with Gasteiger partial charge in [-0.2, -0.15) is 5.10 Å². The molecule has 0 saturated carbocycles. The average Bonchev–Trinajstić information content (AvgIpc) is 2.98. The normalized spacial score (nSPS) is 10.4. The van der Waals surface area contributed by atoms with Crippen molar-refractivity contribution in [3.63, 3.8) is 0 Å². The lowest BCUT2D eigenvalue weighted by Crippen LogP contribution is -2.16. The predicted molar refractivity (Wildman–Crippen MR) is 87.8 cm³/mol. The lowest BCUT2D eigenvalue weighted by molar-refractivity contribution is 0.0689. The van der Waals surface area contributed by atoms with Crippen LogP contribution in [0.2, 0.25) is 0 Å². The molecule has 24 heavy (non-hydrogen) atoms. The number of hydrogen-bond acceptors (Lipinski definition) is 4. The summed E-state index contributed by atoms with van der Waals surface area (Å²) in [5.41, 5.74) is 2.33. The number of pyridine rings is 1. The topological polar surface area (TPSA) is 97.1 Å². The highest BCUT2D eigenvalue weighted by molar-refractivity contribution is 6.04. The maximum absolute atomic E-state index is 12.3. The van der Waals surface area contributed by atoms with E-state index in [0.717, 1.165) is 11.1 Å². The van der Waals surface area contributed by atoms with Crippen LogP contribution in [0.25, 0.3) is 11.1 Å². The standard InChI is InChI=1S/C17H14N4O3/c1-21-15(8-14(20-21)17(23)24)16(22)19-13-7-12(9-18-10-13)11-5-3-2-4-6-11/h2-10H,1H3,(H,19,22)(H,23,24). The van der Waals surface area contributed by atoms with E-state index in [0.29, 0.717) is 5.69 Å². The molecule has 1 aromatic carbocycles. The van der Waals surface area contributed by atoms with Crippen molar-refractivity contribution in [1.82, 2.24) is 14.8 Å². The zero-order valence-electron chi connectivity index (χ0n) is 12.8. The summed E-state index contributed by atoms with van der Waals surface area (Å²) in [6.07, 6.45) is 3.23. The first-order valence-corrected chi connectivity index (χ1v) is 7.14. The van der Waals surface area contributed by atoms with Crippen LogP contribution in [0, 0.1) is 0 Å². The van der Waals surface area contributed by atoms with Gasteiger partial charge in [0.05, 0.1) is 11.9 Å². The summed E-state index contributed by atoms with van der Waals surface area (Å²) in [7, 11) is 1.51. The molecule has 2 N–H and O–H groups in total. The van der Waals surface area contributed by atoms with Crippen molar-refractivity contribution in [2.24, 2.45) is 7.05 Å². The molecule has 0 radical (unpaired) electrons. The maximum atomic E-state index is 12.3. The fraction of sp³-hybridized carbons (Fsp3) is 0.0588. The van der Waals surface area contributed by atoms with Gasteiger partial charge in [-0.05, 0) is 11.6 Å². The van der Waals surface area contributed by atoms with E-state index in [1.165, 1.54) is 24.0 Å². The lowest BCUT2D eigenvalue weighted by Gasteiger charge is -2.07. The molecule has 2 heterocycles. The van der Waals surface area contributed by atoms with Crippen LogP contribution in [-0.4, -0.2) is 31.7 Å². The van der Waals surface area contributed by atoms with Crippen LogP contribution >= 0.6 is 0 Å². The molecule has 0 aliphatic heterocycles. The molecule has 3 rings (SSSR count). The number of anilines is 1. The molecule has 0 aliphatic carbocycles. The maximum Gasteiger partial charge on any atom is 0.356 e. The number of benzene rings is 1. The van der Waals surface area contributed by atoms with Crippen LogP contribution in [0.15, 0.2) is 54.9 Å². The Morgan fingerprint density at radius 2 is 1.83 bits per heavy atom. The average molecular weight is 322 g/mol. The number of nitrogens with zero attached hydrogens (tertiary/aromatic N) is 3. The van der Waals surface area contributed by atoms with Gasteiger partial charge in [-0.25, -0.2) is 4.79 Å². The molecule has 0 atom stereocenters. The highest BCUT2D eigenvalue weighted by Crippen LogP contribution is 2.21. The molecule has 7 heteroatoms. The Morgan fingerprint density at radius 1 is 1.08 bits per heavy atom. The van der Waals surface area contributed by atoms with Crippen LogP contribution in [0.1, 0.15) is 21.0 Å². The van der Waals surface area contributed by atoms with E-state index < -0.39 is 11.9 Å². The van der Waals surface area contributed by atoms with Gasteiger partial charge in [0.1, 0.15) is 5.69 Å². The minimum Gasteiger partial charge on any atom is -0.476 e. The van der Waals surface area contributed by atoms with E-state index in [4.69, 9.17) is 5.11 Å². The Bertz CT molecular complexity index is 903. The Labute approximate surface area is 137 Å². The zero-order valence-corrected chi connectivity index (χ0v) is 12.8. The molecule has 0 unspecified atom stereocenters. The van der Waals surface area contributed by atoms with Crippen molar-refractivity contribution in [1.29, 1.82) is 0 Å². The molecule has 7 nitrogen and oxygen atoms in total. The molecule has 0 aliphatic rings. The van der Waals surface area contributed by atoms with Gasteiger partial charge in [-0.15, -0.1) is 0 Å². The highest BCUT2D eigenvalue weighted by atomic mass is 16.4. The van der Waals surface area contributed by atoms with E-state index in [-0.39, 0.29) is 11.4 Å². The van der Waals surface area contributed by atoms with E-state index >= 15 is 0 Å². The summed E-state index contributed by atoms with van der Waals surface area (Å²) >= 11 is 0. The second-order valence-electron chi connectivity index (χ2n) is 5.13. The van der Waals surface area contributed by atoms with Crippen molar-refractivity contribution < 1.29 is 14.7 Å². The van der Waals surface area contributed by atoms with Crippen LogP contribution in [-0.2, 0) is 7.05 Å². The van der Waals surface area contributed by atoms with E-state index in [1.54, 1.807) is 12.3 Å². The smallest absolute Gasteiger partial charge is 0.356 e. The minimum atomic E-state index is -1.18. The number of carbonyl (C=O) groups excluding carboxylic acids is 1. The number of hydrogen-bond donors (Lipinski definition) is 2. The number of carbonyl (C=O) groups is 2. The van der Waals surface area contributed by atoms with Crippen molar-refractivity contribution >= 4 is 17.6 Å². The van der Waals surface area contributed by atoms with Gasteiger partial charge in [-0.1, -0.05) is 30.3 Å². The fourth-order valence-electron chi connectivity index (χ4n) is 2.28. The molecule has 120 valence electrons. The van der Waals surface area contributed by atoms with Gasteiger partial charge in [0.15, 0.2) is 5.69 Å². The summed E-state index contributed by atoms with van der Waals surface area (Å²) in [6, 6.07) is 12.7. The Kier molecular flexibility index (Phi) is 4.07. The first-order chi connectivity index (χ1) is 11.5. The summed E-state index contributed by atoms with van der Waals surface area (Å²) in [6.45, 7) is 0. The lowest BCUT2D eigenvalue weighted by atomic mass is 10.1. The highest BCUT2D eigenvalue weighted by Gasteiger charge is 2.17. The molecule has 2 aromatic heterocycles. The van der Waals surface area contributed by atoms with Crippen molar-refractivity contribution in [2.75, 3.05) is 5.32 Å². The molecule has 0 saturated heterocycles. The van der Waals surface area contributed by atoms with Crippen molar-refractivity contribution in [2.45, 2.75) is 0 Å². The van der Waals surface area contributed by atoms with Gasteiger partial charge >= 0.3 is 5.97 Å². The summed E-state index contributed by atoms with van der Waals surface area (Å²) in [5, 5.41) is 15.4. The predicted octanol–water partition coefficient (Wildman–Crippen LogP) is 2.43. The van der Waals surface area contributed by atoms with Gasteiger partial charge in [0, 0.05) is 24.9 Å². The first kappa shape index (κ1) is 15.4. The number of nitrogens with one attached hydrogen (secondary N) is 1. The van der Waals surface area contributed by atoms with Crippen molar-refractivity contribution in [3.8, 4) is 11.1 Å². The largest absolute Gasteiger partial charge is 0.476 e. The number of aromatic carboxylic acids is 1. The van der Waals surface area contributed by atoms with Gasteiger partial charge in [0.25, 0.3) is 5.91 Å². The SMILES string of the molecule is Cn1nc(C(=O)O)cc1C(=O)Nc1cncc(-c2ccccc2)c1. The zero-order chi connectivity index (χ0) is 17.1. The van der Waals surface area contributed by atoms with E-state index in [1.807, 2.05) is 30.3 Å². The molecule has 0 bridgehead atoms. The second-order valence-corrected chi connectivity index (χ2v) is 5.13. The Balaban J connectivity index is 1.84. The number of carboxylic acids is 1. The number of rotatable bonds is 4. The second kappa shape index (κ2) is 6.33. The minimum absolute atomic E-state index is 0.150. The third kappa shape index (κ3) is 3.14. The quantitative estimate of drug-likeness (QED) is 0.769. The summed E-state index contributed by atoms with van der Waals surface area (Å²) < 4.78 is 1.23. The monoisotopic (exact) mass is 322 g/mol. The third-order valence-electron chi connectivity index (χ3n) is 3.43. The number of aromatic nitrogens is 3. The molecule has 0 fully saturated rings. The number of carboxylic acid groups (broad SMARTS) is 1. The van der Waals surface area contributed by atoms with E-state index in [9.17, 15) is 9.59 Å². The van der Waals surface area contributed by atoms with Crippen molar-refractivity contribution in [3.05, 3.63) is 66.2 Å². The molecule has 1 amide bonds. The summed E-state index contributed by atoms with van der Waals surface area (Å²) in [5.74, 6) is -1.64. The third-order valence-corrected chi connectivity index (χ3v) is 3.43. The van der Waals surface area contributed by atoms with Crippen LogP contribution in [0.3, 0.4) is 0 Å². The first-order valence-electron chi connectivity index (χ1n) is 7.14. The van der Waals surface area contributed by atoms with Gasteiger partial charge < -0.3 is 10.4 Å². The van der Waals surface area contributed by atoms with Crippen LogP contribution in [0.5, 0.6) is 0 Å². The summed E-state index contributed by atoms with van der Waals surface area (Å²) in [4.78, 5) is 27.4. The van der Waals surface area contributed by atoms with Crippen LogP contribution in [0.4, 0.5) is 5.69 Å². The number of aryl methyl sites for hydroxylation is 1. The van der Waals surface area contributed by atoms with Crippen LogP contribution < -0.4 is 5.32 Å². The van der Waals surface area contributed by atoms with Gasteiger partial charge in [0.2, 0.25) is 0 Å². The molecule has 0 spiro atoms. The fourth-order valence-corrected chi connectivity index (χ4v) is 2.28.